The van der Waals surface area contributed by atoms with E-state index in [2.05, 4.69) is 5.32 Å². The van der Waals surface area contributed by atoms with Crippen molar-refractivity contribution in [2.24, 2.45) is 0 Å². The monoisotopic (exact) mass is 241 g/mol. The van der Waals surface area contributed by atoms with Gasteiger partial charge in [-0.2, -0.15) is 0 Å². The molecule has 3 nitrogen and oxygen atoms in total. The van der Waals surface area contributed by atoms with Gasteiger partial charge in [0.1, 0.15) is 0 Å². The van der Waals surface area contributed by atoms with Crippen LogP contribution in [0, 0.1) is 20.8 Å². The van der Waals surface area contributed by atoms with Crippen LogP contribution < -0.4 is 5.32 Å². The second-order valence-electron chi connectivity index (χ2n) is 4.15. The molecule has 0 fully saturated rings. The Kier molecular flexibility index (Phi) is 4.10. The number of nitrogens with one attached hydrogen (secondary N) is 1. The molecule has 16 heavy (non-hydrogen) atoms. The topological polar surface area (TPSA) is 46.2 Å². The van der Waals surface area contributed by atoms with E-state index >= 15 is 0 Å². The number of sulfone groups is 1. The summed E-state index contributed by atoms with van der Waals surface area (Å²) in [4.78, 5) is 0.494. The minimum Gasteiger partial charge on any atom is -0.319 e. The maximum Gasteiger partial charge on any atom is 0.180 e. The lowest BCUT2D eigenvalue weighted by Gasteiger charge is -2.11. The van der Waals surface area contributed by atoms with Crippen molar-refractivity contribution in [2.75, 3.05) is 19.3 Å². The van der Waals surface area contributed by atoms with E-state index < -0.39 is 9.84 Å². The molecule has 0 bridgehead atoms. The lowest BCUT2D eigenvalue weighted by molar-refractivity contribution is 0.592. The Bertz CT molecular complexity index is 455. The van der Waals surface area contributed by atoms with Crippen LogP contribution in [-0.2, 0) is 9.84 Å². The van der Waals surface area contributed by atoms with Crippen LogP contribution in [0.5, 0.6) is 0 Å². The largest absolute Gasteiger partial charge is 0.319 e. The Balaban J connectivity index is 3.23. The van der Waals surface area contributed by atoms with Crippen molar-refractivity contribution in [2.45, 2.75) is 25.7 Å². The summed E-state index contributed by atoms with van der Waals surface area (Å²) >= 11 is 0. The van der Waals surface area contributed by atoms with Gasteiger partial charge in [-0.05, 0) is 38.9 Å². The maximum atomic E-state index is 12.1. The number of hydrogen-bond acceptors (Lipinski definition) is 3. The van der Waals surface area contributed by atoms with Gasteiger partial charge >= 0.3 is 0 Å². The van der Waals surface area contributed by atoms with Gasteiger partial charge in [0.25, 0.3) is 0 Å². The highest BCUT2D eigenvalue weighted by atomic mass is 32.2. The molecular formula is C12H19NO2S. The molecule has 0 aromatic heterocycles. The SMILES string of the molecule is CNCCS(=O)(=O)c1c(C)cc(C)cc1C. The quantitative estimate of drug-likeness (QED) is 0.871. The Morgan fingerprint density at radius 1 is 1.12 bits per heavy atom. The van der Waals surface area contributed by atoms with E-state index in [1.54, 1.807) is 7.05 Å². The van der Waals surface area contributed by atoms with Gasteiger partial charge in [-0.15, -0.1) is 0 Å². The summed E-state index contributed by atoms with van der Waals surface area (Å²) in [5, 5.41) is 2.86. The fourth-order valence-electron chi connectivity index (χ4n) is 2.00. The molecule has 90 valence electrons. The second kappa shape index (κ2) is 4.97. The van der Waals surface area contributed by atoms with Gasteiger partial charge in [0.15, 0.2) is 9.84 Å². The molecule has 1 aromatic carbocycles. The molecular weight excluding hydrogens is 222 g/mol. The van der Waals surface area contributed by atoms with Crippen LogP contribution in [0.2, 0.25) is 0 Å². The summed E-state index contributed by atoms with van der Waals surface area (Å²) in [7, 11) is -1.41. The second-order valence-corrected chi connectivity index (χ2v) is 6.20. The first-order chi connectivity index (χ1) is 7.38. The molecule has 0 aliphatic rings. The third kappa shape index (κ3) is 2.83. The Hall–Kier alpha value is -0.870. The lowest BCUT2D eigenvalue weighted by atomic mass is 10.1. The molecule has 0 amide bonds. The minimum absolute atomic E-state index is 0.147. The zero-order valence-electron chi connectivity index (χ0n) is 10.3. The van der Waals surface area contributed by atoms with Gasteiger partial charge in [-0.3, -0.25) is 0 Å². The van der Waals surface area contributed by atoms with Crippen molar-refractivity contribution in [3.05, 3.63) is 28.8 Å². The highest BCUT2D eigenvalue weighted by molar-refractivity contribution is 7.91. The molecule has 1 rings (SSSR count). The van der Waals surface area contributed by atoms with E-state index in [0.717, 1.165) is 16.7 Å². The fourth-order valence-corrected chi connectivity index (χ4v) is 3.77. The highest BCUT2D eigenvalue weighted by Gasteiger charge is 2.19. The minimum atomic E-state index is -3.16. The van der Waals surface area contributed by atoms with Crippen LogP contribution in [0.4, 0.5) is 0 Å². The van der Waals surface area contributed by atoms with Crippen LogP contribution in [0.3, 0.4) is 0 Å². The molecule has 4 heteroatoms. The zero-order valence-corrected chi connectivity index (χ0v) is 11.1. The summed E-state index contributed by atoms with van der Waals surface area (Å²) < 4.78 is 24.2. The summed E-state index contributed by atoms with van der Waals surface area (Å²) in [5.41, 5.74) is 2.78. The molecule has 1 N–H and O–H groups in total. The van der Waals surface area contributed by atoms with Crippen molar-refractivity contribution in [1.82, 2.24) is 5.32 Å². The van der Waals surface area contributed by atoms with Crippen LogP contribution in [0.15, 0.2) is 17.0 Å². The summed E-state index contributed by atoms with van der Waals surface area (Å²) in [5.74, 6) is 0.147. The van der Waals surface area contributed by atoms with E-state index in [4.69, 9.17) is 0 Å². The highest BCUT2D eigenvalue weighted by Crippen LogP contribution is 2.22. The van der Waals surface area contributed by atoms with Gasteiger partial charge in [0, 0.05) is 6.54 Å². The normalized spacial score (nSPS) is 11.8. The fraction of sp³-hybridized carbons (Fsp3) is 0.500. The molecule has 0 unspecified atom stereocenters. The van der Waals surface area contributed by atoms with E-state index in [9.17, 15) is 8.42 Å². The maximum absolute atomic E-state index is 12.1. The van der Waals surface area contributed by atoms with E-state index in [-0.39, 0.29) is 5.75 Å². The molecule has 0 atom stereocenters. The van der Waals surface area contributed by atoms with Gasteiger partial charge in [-0.25, -0.2) is 8.42 Å². The molecule has 0 aliphatic heterocycles. The molecule has 0 aliphatic carbocycles. The van der Waals surface area contributed by atoms with E-state index in [1.807, 2.05) is 32.9 Å². The summed E-state index contributed by atoms with van der Waals surface area (Å²) in [6.45, 7) is 6.16. The van der Waals surface area contributed by atoms with Crippen LogP contribution in [-0.4, -0.2) is 27.8 Å². The van der Waals surface area contributed by atoms with Crippen molar-refractivity contribution in [1.29, 1.82) is 0 Å². The molecule has 0 radical (unpaired) electrons. The Morgan fingerprint density at radius 2 is 1.62 bits per heavy atom. The van der Waals surface area contributed by atoms with Crippen molar-refractivity contribution < 1.29 is 8.42 Å². The first kappa shape index (κ1) is 13.2. The molecule has 0 saturated heterocycles. The standard InChI is InChI=1S/C12H19NO2S/c1-9-7-10(2)12(11(3)8-9)16(14,15)6-5-13-4/h7-8,13H,5-6H2,1-4H3. The molecule has 0 saturated carbocycles. The van der Waals surface area contributed by atoms with E-state index in [1.165, 1.54) is 0 Å². The average molecular weight is 241 g/mol. The molecule has 0 heterocycles. The van der Waals surface area contributed by atoms with Crippen molar-refractivity contribution in [3.8, 4) is 0 Å². The third-order valence-corrected chi connectivity index (χ3v) is 4.54. The Morgan fingerprint density at radius 3 is 2.06 bits per heavy atom. The first-order valence-electron chi connectivity index (χ1n) is 5.33. The van der Waals surface area contributed by atoms with Gasteiger partial charge in [0.05, 0.1) is 10.6 Å². The summed E-state index contributed by atoms with van der Waals surface area (Å²) in [6.07, 6.45) is 0. The number of hydrogen-bond donors (Lipinski definition) is 1. The molecule has 1 aromatic rings. The van der Waals surface area contributed by atoms with Crippen LogP contribution >= 0.6 is 0 Å². The number of aryl methyl sites for hydroxylation is 3. The van der Waals surface area contributed by atoms with Crippen molar-refractivity contribution in [3.63, 3.8) is 0 Å². The number of benzene rings is 1. The van der Waals surface area contributed by atoms with Gasteiger partial charge < -0.3 is 5.32 Å². The van der Waals surface area contributed by atoms with Crippen LogP contribution in [0.1, 0.15) is 16.7 Å². The predicted molar refractivity (Wildman–Crippen MR) is 66.6 cm³/mol. The summed E-state index contributed by atoms with van der Waals surface area (Å²) in [6, 6.07) is 3.83. The Labute approximate surface area is 97.8 Å². The molecule has 0 spiro atoms. The lowest BCUT2D eigenvalue weighted by Crippen LogP contribution is -2.20. The smallest absolute Gasteiger partial charge is 0.180 e. The van der Waals surface area contributed by atoms with Gasteiger partial charge in [0.2, 0.25) is 0 Å². The average Bonchev–Trinajstić information content (AvgIpc) is 2.12. The number of rotatable bonds is 4. The third-order valence-electron chi connectivity index (χ3n) is 2.54. The van der Waals surface area contributed by atoms with Crippen LogP contribution in [0.25, 0.3) is 0 Å². The first-order valence-corrected chi connectivity index (χ1v) is 6.99. The van der Waals surface area contributed by atoms with Gasteiger partial charge in [-0.1, -0.05) is 17.7 Å². The van der Waals surface area contributed by atoms with E-state index in [0.29, 0.717) is 11.4 Å². The van der Waals surface area contributed by atoms with Crippen molar-refractivity contribution >= 4 is 9.84 Å². The predicted octanol–water partition coefficient (Wildman–Crippen LogP) is 1.60. The zero-order chi connectivity index (χ0) is 12.3.